The van der Waals surface area contributed by atoms with Crippen molar-refractivity contribution < 1.29 is 18.0 Å². The number of nitrogens with one attached hydrogen (secondary N) is 2. The first-order chi connectivity index (χ1) is 11.6. The Kier molecular flexibility index (Phi) is 7.85. The molecule has 140 valence electrons. The Morgan fingerprint density at radius 2 is 1.84 bits per heavy atom. The smallest absolute Gasteiger partial charge is 0.232 e. The maximum Gasteiger partial charge on any atom is 0.232 e. The first kappa shape index (κ1) is 20.9. The minimum Gasteiger partial charge on any atom is -0.355 e. The van der Waals surface area contributed by atoms with E-state index in [4.69, 9.17) is 0 Å². The maximum atomic E-state index is 12.1. The van der Waals surface area contributed by atoms with Crippen molar-refractivity contribution in [2.75, 3.05) is 49.6 Å². The molecule has 0 aromatic heterocycles. The van der Waals surface area contributed by atoms with E-state index in [-0.39, 0.29) is 24.8 Å². The Morgan fingerprint density at radius 3 is 2.40 bits per heavy atom. The lowest BCUT2D eigenvalue weighted by atomic mass is 10.2. The van der Waals surface area contributed by atoms with Gasteiger partial charge in [-0.3, -0.25) is 13.9 Å². The Morgan fingerprint density at radius 1 is 1.16 bits per heavy atom. The number of sulfonamides is 1. The van der Waals surface area contributed by atoms with E-state index < -0.39 is 10.0 Å². The van der Waals surface area contributed by atoms with E-state index in [2.05, 4.69) is 10.6 Å². The van der Waals surface area contributed by atoms with Crippen molar-refractivity contribution in [3.05, 3.63) is 24.3 Å². The van der Waals surface area contributed by atoms with Gasteiger partial charge in [-0.1, -0.05) is 6.07 Å². The predicted molar refractivity (Wildman–Crippen MR) is 99.1 cm³/mol. The van der Waals surface area contributed by atoms with Crippen LogP contribution in [-0.4, -0.2) is 65.1 Å². The van der Waals surface area contributed by atoms with Gasteiger partial charge in [-0.15, -0.1) is 0 Å². The van der Waals surface area contributed by atoms with Crippen LogP contribution in [0.5, 0.6) is 0 Å². The number of carbonyl (C=O) groups excluding carboxylic acids is 2. The minimum atomic E-state index is -3.56. The molecule has 1 rings (SSSR count). The van der Waals surface area contributed by atoms with Gasteiger partial charge in [-0.25, -0.2) is 8.42 Å². The minimum absolute atomic E-state index is 0.0240. The molecular weight excluding hydrogens is 344 g/mol. The van der Waals surface area contributed by atoms with Gasteiger partial charge in [0.1, 0.15) is 0 Å². The van der Waals surface area contributed by atoms with Crippen LogP contribution in [0.25, 0.3) is 0 Å². The summed E-state index contributed by atoms with van der Waals surface area (Å²) in [5, 5.41) is 5.36. The summed E-state index contributed by atoms with van der Waals surface area (Å²) in [5.74, 6) is -0.461. The van der Waals surface area contributed by atoms with Crippen LogP contribution < -0.4 is 14.9 Å². The van der Waals surface area contributed by atoms with Crippen molar-refractivity contribution in [2.24, 2.45) is 0 Å². The highest BCUT2D eigenvalue weighted by Crippen LogP contribution is 2.22. The fourth-order valence-electron chi connectivity index (χ4n) is 2.14. The molecule has 0 saturated carbocycles. The van der Waals surface area contributed by atoms with Crippen molar-refractivity contribution in [3.8, 4) is 0 Å². The molecule has 0 fully saturated rings. The zero-order valence-electron chi connectivity index (χ0n) is 15.1. The van der Waals surface area contributed by atoms with Gasteiger partial charge in [0.25, 0.3) is 0 Å². The zero-order chi connectivity index (χ0) is 19.0. The van der Waals surface area contributed by atoms with Gasteiger partial charge in [-0.05, 0) is 32.3 Å². The van der Waals surface area contributed by atoms with Crippen LogP contribution >= 0.6 is 0 Å². The fraction of sp³-hybridized carbons (Fsp3) is 0.500. The Balaban J connectivity index is 2.79. The highest BCUT2D eigenvalue weighted by molar-refractivity contribution is 7.92. The number of rotatable bonds is 9. The fourth-order valence-corrected chi connectivity index (χ4v) is 3.06. The molecule has 1 aromatic carbocycles. The SMILES string of the molecule is CC(=O)Nc1cccc(N(CCC(=O)NCCN(C)C)S(C)(=O)=O)c1. The summed E-state index contributed by atoms with van der Waals surface area (Å²) in [7, 11) is 0.244. The molecule has 0 heterocycles. The normalized spacial score (nSPS) is 11.2. The van der Waals surface area contributed by atoms with E-state index in [1.807, 2.05) is 19.0 Å². The second-order valence-corrected chi connectivity index (χ2v) is 7.88. The van der Waals surface area contributed by atoms with Crippen LogP contribution in [0.2, 0.25) is 0 Å². The molecule has 0 aliphatic carbocycles. The predicted octanol–water partition coefficient (Wildman–Crippen LogP) is 0.479. The Bertz CT molecular complexity index is 704. The van der Waals surface area contributed by atoms with Crippen molar-refractivity contribution in [1.29, 1.82) is 0 Å². The second-order valence-electron chi connectivity index (χ2n) is 5.97. The molecule has 0 atom stereocenters. The molecule has 0 aliphatic heterocycles. The molecule has 1 aromatic rings. The van der Waals surface area contributed by atoms with Gasteiger partial charge in [-0.2, -0.15) is 0 Å². The second kappa shape index (κ2) is 9.38. The molecule has 0 radical (unpaired) electrons. The third kappa shape index (κ3) is 7.99. The molecule has 0 bridgehead atoms. The molecular formula is C16H26N4O4S. The standard InChI is InChI=1S/C16H26N4O4S/c1-13(21)18-14-6-5-7-15(12-14)20(25(4,23)24)10-8-16(22)17-9-11-19(2)3/h5-7,12H,8-11H2,1-4H3,(H,17,22)(H,18,21). The van der Waals surface area contributed by atoms with E-state index in [0.717, 1.165) is 10.6 Å². The molecule has 2 amide bonds. The van der Waals surface area contributed by atoms with Gasteiger partial charge in [0, 0.05) is 38.7 Å². The average molecular weight is 370 g/mol. The lowest BCUT2D eigenvalue weighted by Gasteiger charge is -2.23. The van der Waals surface area contributed by atoms with Crippen molar-refractivity contribution in [1.82, 2.24) is 10.2 Å². The van der Waals surface area contributed by atoms with Crippen LogP contribution in [0.3, 0.4) is 0 Å². The maximum absolute atomic E-state index is 12.1. The number of amides is 2. The Labute approximate surface area is 149 Å². The van der Waals surface area contributed by atoms with Crippen molar-refractivity contribution in [3.63, 3.8) is 0 Å². The summed E-state index contributed by atoms with van der Waals surface area (Å²) >= 11 is 0. The quantitative estimate of drug-likeness (QED) is 0.659. The van der Waals surface area contributed by atoms with Crippen molar-refractivity contribution >= 4 is 33.2 Å². The first-order valence-corrected chi connectivity index (χ1v) is 9.71. The van der Waals surface area contributed by atoms with Crippen LogP contribution in [0.4, 0.5) is 11.4 Å². The molecule has 0 spiro atoms. The number of likely N-dealkylation sites (N-methyl/N-ethyl adjacent to an activating group) is 1. The van der Waals surface area contributed by atoms with Gasteiger partial charge < -0.3 is 15.5 Å². The molecule has 25 heavy (non-hydrogen) atoms. The third-order valence-electron chi connectivity index (χ3n) is 3.28. The highest BCUT2D eigenvalue weighted by atomic mass is 32.2. The van der Waals surface area contributed by atoms with E-state index in [1.165, 1.54) is 6.92 Å². The summed E-state index contributed by atoms with van der Waals surface area (Å²) < 4.78 is 25.3. The third-order valence-corrected chi connectivity index (χ3v) is 4.47. The first-order valence-electron chi connectivity index (χ1n) is 7.86. The molecule has 8 nitrogen and oxygen atoms in total. The monoisotopic (exact) mass is 370 g/mol. The summed E-state index contributed by atoms with van der Waals surface area (Å²) in [6.45, 7) is 2.61. The summed E-state index contributed by atoms with van der Waals surface area (Å²) in [5.41, 5.74) is 0.893. The van der Waals surface area contributed by atoms with Gasteiger partial charge >= 0.3 is 0 Å². The Hall–Kier alpha value is -2.13. The largest absolute Gasteiger partial charge is 0.355 e. The molecule has 0 aliphatic rings. The molecule has 2 N–H and O–H groups in total. The molecule has 0 unspecified atom stereocenters. The van der Waals surface area contributed by atoms with Crippen LogP contribution in [-0.2, 0) is 19.6 Å². The number of hydrogen-bond donors (Lipinski definition) is 2. The number of benzene rings is 1. The van der Waals surface area contributed by atoms with Crippen molar-refractivity contribution in [2.45, 2.75) is 13.3 Å². The lowest BCUT2D eigenvalue weighted by Crippen LogP contribution is -2.36. The number of nitrogens with zero attached hydrogens (tertiary/aromatic N) is 2. The lowest BCUT2D eigenvalue weighted by molar-refractivity contribution is -0.121. The van der Waals surface area contributed by atoms with Gasteiger partial charge in [0.15, 0.2) is 0 Å². The average Bonchev–Trinajstić information content (AvgIpc) is 2.45. The summed E-state index contributed by atoms with van der Waals surface area (Å²) in [6.07, 6.45) is 1.13. The highest BCUT2D eigenvalue weighted by Gasteiger charge is 2.19. The van der Waals surface area contributed by atoms with Gasteiger partial charge in [0.05, 0.1) is 11.9 Å². The number of anilines is 2. The number of hydrogen-bond acceptors (Lipinski definition) is 5. The van der Waals surface area contributed by atoms with Crippen LogP contribution in [0, 0.1) is 0 Å². The van der Waals surface area contributed by atoms with E-state index >= 15 is 0 Å². The van der Waals surface area contributed by atoms with E-state index in [9.17, 15) is 18.0 Å². The topological polar surface area (TPSA) is 98.8 Å². The summed E-state index contributed by atoms with van der Waals surface area (Å²) in [4.78, 5) is 25.0. The van der Waals surface area contributed by atoms with E-state index in [1.54, 1.807) is 24.3 Å². The van der Waals surface area contributed by atoms with Crippen LogP contribution in [0.15, 0.2) is 24.3 Å². The zero-order valence-corrected chi connectivity index (χ0v) is 15.9. The molecule has 9 heteroatoms. The van der Waals surface area contributed by atoms with Gasteiger partial charge in [0.2, 0.25) is 21.8 Å². The number of carbonyl (C=O) groups is 2. The molecule has 0 saturated heterocycles. The van der Waals surface area contributed by atoms with Crippen LogP contribution in [0.1, 0.15) is 13.3 Å². The van der Waals surface area contributed by atoms with E-state index in [0.29, 0.717) is 24.5 Å². The summed E-state index contributed by atoms with van der Waals surface area (Å²) in [6, 6.07) is 6.50.